The normalized spacial score (nSPS) is 18.8. The molecule has 0 fully saturated rings. The lowest BCUT2D eigenvalue weighted by atomic mass is 10.0. The molecule has 0 spiro atoms. The maximum Gasteiger partial charge on any atom is 0.198 e. The molecule has 0 saturated carbocycles. The molecule has 3 nitrogen and oxygen atoms in total. The first kappa shape index (κ1) is 10.4. The molecule has 1 aromatic carbocycles. The van der Waals surface area contributed by atoms with E-state index in [1.807, 2.05) is 24.3 Å². The molecule has 88 valence electrons. The van der Waals surface area contributed by atoms with E-state index in [0.29, 0.717) is 5.88 Å². The number of ether oxygens (including phenoxy) is 1. The van der Waals surface area contributed by atoms with Gasteiger partial charge in [0.25, 0.3) is 0 Å². The summed E-state index contributed by atoms with van der Waals surface area (Å²) in [5.41, 5.74) is 1.77. The Morgan fingerprint density at radius 2 is 2.24 bits per heavy atom. The molecule has 1 atom stereocenters. The zero-order valence-electron chi connectivity index (χ0n) is 9.82. The highest BCUT2D eigenvalue weighted by Crippen LogP contribution is 2.26. The second-order valence-electron chi connectivity index (χ2n) is 4.49. The molecule has 17 heavy (non-hydrogen) atoms. The van der Waals surface area contributed by atoms with Crippen LogP contribution in [0.5, 0.6) is 5.88 Å². The van der Waals surface area contributed by atoms with Crippen molar-refractivity contribution in [2.75, 3.05) is 0 Å². The van der Waals surface area contributed by atoms with Gasteiger partial charge in [0.05, 0.1) is 11.1 Å². The summed E-state index contributed by atoms with van der Waals surface area (Å²) in [6, 6.07) is 7.59. The maximum atomic E-state index is 12.3. The van der Waals surface area contributed by atoms with Gasteiger partial charge in [0.2, 0.25) is 0 Å². The highest BCUT2D eigenvalue weighted by molar-refractivity contribution is 5.79. The van der Waals surface area contributed by atoms with Crippen LogP contribution in [-0.4, -0.2) is 11.1 Å². The lowest BCUT2D eigenvalue weighted by Crippen LogP contribution is -2.26. The SMILES string of the molecule is CC[C@H]1CCc2c([nH]c3ccccc3c2=O)O1. The molecule has 1 aliphatic heterocycles. The van der Waals surface area contributed by atoms with Crippen molar-refractivity contribution in [1.29, 1.82) is 0 Å². The second kappa shape index (κ2) is 3.91. The summed E-state index contributed by atoms with van der Waals surface area (Å²) in [7, 11) is 0. The first-order valence-corrected chi connectivity index (χ1v) is 6.10. The van der Waals surface area contributed by atoms with Gasteiger partial charge in [0.1, 0.15) is 6.10 Å². The van der Waals surface area contributed by atoms with Crippen LogP contribution in [-0.2, 0) is 6.42 Å². The van der Waals surface area contributed by atoms with E-state index in [-0.39, 0.29) is 11.5 Å². The van der Waals surface area contributed by atoms with Crippen molar-refractivity contribution < 1.29 is 4.74 Å². The van der Waals surface area contributed by atoms with E-state index < -0.39 is 0 Å². The van der Waals surface area contributed by atoms with Crippen molar-refractivity contribution in [2.24, 2.45) is 0 Å². The van der Waals surface area contributed by atoms with Crippen LogP contribution in [0.25, 0.3) is 10.9 Å². The van der Waals surface area contributed by atoms with Gasteiger partial charge in [-0.25, -0.2) is 0 Å². The molecule has 0 aliphatic carbocycles. The monoisotopic (exact) mass is 229 g/mol. The van der Waals surface area contributed by atoms with Crippen molar-refractivity contribution in [3.05, 3.63) is 40.1 Å². The summed E-state index contributed by atoms with van der Waals surface area (Å²) < 4.78 is 5.81. The highest BCUT2D eigenvalue weighted by Gasteiger charge is 2.22. The topological polar surface area (TPSA) is 42.1 Å². The number of benzene rings is 1. The van der Waals surface area contributed by atoms with Crippen LogP contribution in [0, 0.1) is 0 Å². The van der Waals surface area contributed by atoms with Crippen LogP contribution in [0.15, 0.2) is 29.1 Å². The fourth-order valence-corrected chi connectivity index (χ4v) is 2.40. The number of H-pyrrole nitrogens is 1. The molecular formula is C14H15NO2. The third-order valence-electron chi connectivity index (χ3n) is 3.42. The summed E-state index contributed by atoms with van der Waals surface area (Å²) in [6.45, 7) is 2.11. The quantitative estimate of drug-likeness (QED) is 0.816. The Hall–Kier alpha value is -1.77. The van der Waals surface area contributed by atoms with Crippen molar-refractivity contribution in [1.82, 2.24) is 4.98 Å². The van der Waals surface area contributed by atoms with E-state index in [2.05, 4.69) is 11.9 Å². The van der Waals surface area contributed by atoms with E-state index >= 15 is 0 Å². The molecule has 1 aliphatic rings. The largest absolute Gasteiger partial charge is 0.475 e. The summed E-state index contributed by atoms with van der Waals surface area (Å²) in [6.07, 6.45) is 2.96. The van der Waals surface area contributed by atoms with Crippen molar-refractivity contribution in [3.8, 4) is 5.88 Å². The van der Waals surface area contributed by atoms with Gasteiger partial charge in [0.15, 0.2) is 11.3 Å². The number of aromatic amines is 1. The van der Waals surface area contributed by atoms with Crippen LogP contribution >= 0.6 is 0 Å². The van der Waals surface area contributed by atoms with E-state index in [1.54, 1.807) is 0 Å². The fourth-order valence-electron chi connectivity index (χ4n) is 2.40. The standard InChI is InChI=1S/C14H15NO2/c1-2-9-7-8-11-13(16)10-5-3-4-6-12(10)15-14(11)17-9/h3-6,9H,2,7-8H2,1H3,(H,15,16)/t9-/m0/s1. The molecule has 3 rings (SSSR count). The molecular weight excluding hydrogens is 214 g/mol. The molecule has 0 saturated heterocycles. The zero-order valence-corrected chi connectivity index (χ0v) is 9.82. The molecule has 2 heterocycles. The van der Waals surface area contributed by atoms with Gasteiger partial charge in [-0.2, -0.15) is 0 Å². The van der Waals surface area contributed by atoms with E-state index in [1.165, 1.54) is 0 Å². The second-order valence-corrected chi connectivity index (χ2v) is 4.49. The van der Waals surface area contributed by atoms with Gasteiger partial charge in [-0.05, 0) is 31.4 Å². The van der Waals surface area contributed by atoms with Gasteiger partial charge in [-0.3, -0.25) is 4.79 Å². The number of aromatic nitrogens is 1. The molecule has 0 unspecified atom stereocenters. The lowest BCUT2D eigenvalue weighted by Gasteiger charge is -2.24. The minimum atomic E-state index is 0.115. The summed E-state index contributed by atoms with van der Waals surface area (Å²) in [4.78, 5) is 15.5. The van der Waals surface area contributed by atoms with Crippen LogP contribution in [0.3, 0.4) is 0 Å². The molecule has 1 aromatic heterocycles. The minimum absolute atomic E-state index is 0.115. The van der Waals surface area contributed by atoms with Gasteiger partial charge >= 0.3 is 0 Å². The van der Waals surface area contributed by atoms with Gasteiger partial charge in [0, 0.05) is 5.39 Å². The Labute approximate surface area is 99.4 Å². The number of para-hydroxylation sites is 1. The third kappa shape index (κ3) is 1.62. The Bertz CT molecular complexity index is 615. The Kier molecular flexibility index (Phi) is 2.39. The van der Waals surface area contributed by atoms with Gasteiger partial charge in [-0.1, -0.05) is 19.1 Å². The fraction of sp³-hybridized carbons (Fsp3) is 0.357. The Morgan fingerprint density at radius 1 is 1.41 bits per heavy atom. The van der Waals surface area contributed by atoms with Crippen LogP contribution in [0.2, 0.25) is 0 Å². The first-order valence-electron chi connectivity index (χ1n) is 6.10. The smallest absolute Gasteiger partial charge is 0.198 e. The zero-order chi connectivity index (χ0) is 11.8. The van der Waals surface area contributed by atoms with Crippen molar-refractivity contribution >= 4 is 10.9 Å². The molecule has 0 amide bonds. The number of fused-ring (bicyclic) bond motifs is 2. The van der Waals surface area contributed by atoms with E-state index in [0.717, 1.165) is 35.7 Å². The number of rotatable bonds is 1. The van der Waals surface area contributed by atoms with Crippen LogP contribution < -0.4 is 10.2 Å². The predicted octanol–water partition coefficient (Wildman–Crippen LogP) is 2.63. The Balaban J connectivity index is 2.22. The van der Waals surface area contributed by atoms with Crippen LogP contribution in [0.1, 0.15) is 25.3 Å². The minimum Gasteiger partial charge on any atom is -0.475 e. The summed E-state index contributed by atoms with van der Waals surface area (Å²) >= 11 is 0. The third-order valence-corrected chi connectivity index (χ3v) is 3.42. The Morgan fingerprint density at radius 3 is 3.06 bits per heavy atom. The molecule has 2 aromatic rings. The number of hydrogen-bond donors (Lipinski definition) is 1. The van der Waals surface area contributed by atoms with Gasteiger partial charge in [-0.15, -0.1) is 0 Å². The molecule has 1 N–H and O–H groups in total. The average molecular weight is 229 g/mol. The van der Waals surface area contributed by atoms with Crippen molar-refractivity contribution in [2.45, 2.75) is 32.3 Å². The molecule has 0 radical (unpaired) electrons. The van der Waals surface area contributed by atoms with E-state index in [9.17, 15) is 4.79 Å². The highest BCUT2D eigenvalue weighted by atomic mass is 16.5. The van der Waals surface area contributed by atoms with Gasteiger partial charge < -0.3 is 9.72 Å². The maximum absolute atomic E-state index is 12.3. The van der Waals surface area contributed by atoms with E-state index in [4.69, 9.17) is 4.74 Å². The molecule has 3 heteroatoms. The number of nitrogens with one attached hydrogen (secondary N) is 1. The summed E-state index contributed by atoms with van der Waals surface area (Å²) in [5.74, 6) is 0.673. The predicted molar refractivity (Wildman–Crippen MR) is 67.6 cm³/mol. The first-order chi connectivity index (χ1) is 8.29. The lowest BCUT2D eigenvalue weighted by molar-refractivity contribution is 0.161. The van der Waals surface area contributed by atoms with Crippen molar-refractivity contribution in [3.63, 3.8) is 0 Å². The number of pyridine rings is 1. The number of hydrogen-bond acceptors (Lipinski definition) is 2. The van der Waals surface area contributed by atoms with Crippen LogP contribution in [0.4, 0.5) is 0 Å². The average Bonchev–Trinajstić information content (AvgIpc) is 2.38. The summed E-state index contributed by atoms with van der Waals surface area (Å²) in [5, 5.41) is 0.754. The molecule has 0 bridgehead atoms.